The highest BCUT2D eigenvalue weighted by atomic mass is 16.5. The third-order valence-electron chi connectivity index (χ3n) is 6.78. The van der Waals surface area contributed by atoms with E-state index < -0.39 is 5.54 Å². The van der Waals surface area contributed by atoms with Gasteiger partial charge in [0.25, 0.3) is 0 Å². The van der Waals surface area contributed by atoms with E-state index in [9.17, 15) is 4.79 Å². The van der Waals surface area contributed by atoms with Crippen LogP contribution >= 0.6 is 0 Å². The standard InChI is InChI=1S/C24H39N3O2/c1-20(2)26-16-14-25(15-17-26)12-10-21-11-13-27(18-21)24(3,4)23(28)29-19-22-8-6-5-7-9-22/h5-9,20-21H,10-19H2,1-4H3. The first-order valence-corrected chi connectivity index (χ1v) is 11.3. The molecule has 3 rings (SSSR count). The molecule has 2 fully saturated rings. The van der Waals surface area contributed by atoms with Crippen molar-refractivity contribution in [3.05, 3.63) is 35.9 Å². The second kappa shape index (κ2) is 10.1. The Morgan fingerprint density at radius 3 is 2.45 bits per heavy atom. The fraction of sp³-hybridized carbons (Fsp3) is 0.708. The Morgan fingerprint density at radius 2 is 1.79 bits per heavy atom. The van der Waals surface area contributed by atoms with Crippen molar-refractivity contribution in [1.82, 2.24) is 14.7 Å². The molecule has 0 bridgehead atoms. The molecule has 1 atom stereocenters. The number of hydrogen-bond donors (Lipinski definition) is 0. The van der Waals surface area contributed by atoms with Gasteiger partial charge < -0.3 is 9.64 Å². The van der Waals surface area contributed by atoms with Crippen molar-refractivity contribution in [3.63, 3.8) is 0 Å². The Balaban J connectivity index is 1.40. The summed E-state index contributed by atoms with van der Waals surface area (Å²) in [5.41, 5.74) is 0.473. The number of likely N-dealkylation sites (tertiary alicyclic amines) is 1. The van der Waals surface area contributed by atoms with Crippen molar-refractivity contribution in [2.75, 3.05) is 45.8 Å². The third kappa shape index (κ3) is 6.03. The van der Waals surface area contributed by atoms with Gasteiger partial charge in [-0.15, -0.1) is 0 Å². The molecule has 2 heterocycles. The largest absolute Gasteiger partial charge is 0.459 e. The fourth-order valence-corrected chi connectivity index (χ4v) is 4.47. The Bertz CT molecular complexity index is 639. The maximum Gasteiger partial charge on any atom is 0.326 e. The minimum Gasteiger partial charge on any atom is -0.459 e. The molecule has 0 radical (unpaired) electrons. The Kier molecular flexibility index (Phi) is 7.72. The van der Waals surface area contributed by atoms with Gasteiger partial charge in [-0.3, -0.25) is 14.6 Å². The molecule has 0 spiro atoms. The first-order valence-electron chi connectivity index (χ1n) is 11.3. The number of esters is 1. The van der Waals surface area contributed by atoms with E-state index in [2.05, 4.69) is 28.5 Å². The van der Waals surface area contributed by atoms with E-state index in [0.717, 1.165) is 18.7 Å². The second-order valence-electron chi connectivity index (χ2n) is 9.48. The van der Waals surface area contributed by atoms with Gasteiger partial charge in [0.15, 0.2) is 0 Å². The van der Waals surface area contributed by atoms with E-state index in [1.165, 1.54) is 45.6 Å². The molecule has 2 saturated heterocycles. The Hall–Kier alpha value is -1.43. The van der Waals surface area contributed by atoms with Gasteiger partial charge in [-0.25, -0.2) is 0 Å². The van der Waals surface area contributed by atoms with Gasteiger partial charge in [-0.2, -0.15) is 0 Å². The van der Waals surface area contributed by atoms with Crippen molar-refractivity contribution in [1.29, 1.82) is 0 Å². The van der Waals surface area contributed by atoms with Crippen LogP contribution in [0.4, 0.5) is 0 Å². The van der Waals surface area contributed by atoms with E-state index in [1.54, 1.807) is 0 Å². The zero-order chi connectivity index (χ0) is 20.9. The van der Waals surface area contributed by atoms with E-state index in [-0.39, 0.29) is 5.97 Å². The highest BCUT2D eigenvalue weighted by Crippen LogP contribution is 2.28. The van der Waals surface area contributed by atoms with Gasteiger partial charge in [-0.1, -0.05) is 30.3 Å². The van der Waals surface area contributed by atoms with Crippen molar-refractivity contribution < 1.29 is 9.53 Å². The molecule has 2 aliphatic heterocycles. The van der Waals surface area contributed by atoms with Crippen molar-refractivity contribution in [3.8, 4) is 0 Å². The van der Waals surface area contributed by atoms with E-state index in [4.69, 9.17) is 4.74 Å². The lowest BCUT2D eigenvalue weighted by atomic mass is 10.0. The highest BCUT2D eigenvalue weighted by Gasteiger charge is 2.40. The molecule has 29 heavy (non-hydrogen) atoms. The summed E-state index contributed by atoms with van der Waals surface area (Å²) < 4.78 is 5.63. The highest BCUT2D eigenvalue weighted by molar-refractivity contribution is 5.79. The van der Waals surface area contributed by atoms with Crippen LogP contribution in [-0.2, 0) is 16.1 Å². The summed E-state index contributed by atoms with van der Waals surface area (Å²) in [4.78, 5) is 20.2. The van der Waals surface area contributed by atoms with Gasteiger partial charge >= 0.3 is 5.97 Å². The number of nitrogens with zero attached hydrogens (tertiary/aromatic N) is 3. The van der Waals surface area contributed by atoms with Gasteiger partial charge in [0.1, 0.15) is 12.1 Å². The maximum atomic E-state index is 12.7. The lowest BCUT2D eigenvalue weighted by molar-refractivity contribution is -0.157. The molecular weight excluding hydrogens is 362 g/mol. The first-order chi connectivity index (χ1) is 13.9. The number of carbonyl (C=O) groups is 1. The van der Waals surface area contributed by atoms with Crippen LogP contribution in [0.5, 0.6) is 0 Å². The van der Waals surface area contributed by atoms with Gasteiger partial charge in [0.2, 0.25) is 0 Å². The molecule has 162 valence electrons. The summed E-state index contributed by atoms with van der Waals surface area (Å²) in [6, 6.07) is 10.6. The Labute approximate surface area is 177 Å². The summed E-state index contributed by atoms with van der Waals surface area (Å²) in [6.07, 6.45) is 2.41. The number of rotatable bonds is 8. The number of benzene rings is 1. The van der Waals surface area contributed by atoms with Crippen molar-refractivity contribution >= 4 is 5.97 Å². The molecule has 0 amide bonds. The van der Waals surface area contributed by atoms with Crippen LogP contribution in [0.25, 0.3) is 0 Å². The SMILES string of the molecule is CC(C)N1CCN(CCC2CCN(C(C)(C)C(=O)OCc3ccccc3)C2)CC1. The van der Waals surface area contributed by atoms with Gasteiger partial charge in [-0.05, 0) is 65.1 Å². The molecular formula is C24H39N3O2. The maximum absolute atomic E-state index is 12.7. The third-order valence-corrected chi connectivity index (χ3v) is 6.78. The predicted octanol–water partition coefficient (Wildman–Crippen LogP) is 3.25. The lowest BCUT2D eigenvalue weighted by Gasteiger charge is -2.37. The summed E-state index contributed by atoms with van der Waals surface area (Å²) in [6.45, 7) is 16.9. The van der Waals surface area contributed by atoms with Crippen LogP contribution in [-0.4, -0.2) is 78.1 Å². The van der Waals surface area contributed by atoms with Crippen LogP contribution in [0.2, 0.25) is 0 Å². The van der Waals surface area contributed by atoms with E-state index >= 15 is 0 Å². The van der Waals surface area contributed by atoms with Crippen molar-refractivity contribution in [2.24, 2.45) is 5.92 Å². The van der Waals surface area contributed by atoms with E-state index in [1.807, 2.05) is 44.2 Å². The minimum atomic E-state index is -0.563. The summed E-state index contributed by atoms with van der Waals surface area (Å²) in [7, 11) is 0. The normalized spacial score (nSPS) is 22.3. The van der Waals surface area contributed by atoms with Crippen LogP contribution in [0.3, 0.4) is 0 Å². The molecule has 0 aromatic heterocycles. The fourth-order valence-electron chi connectivity index (χ4n) is 4.47. The van der Waals surface area contributed by atoms with Crippen LogP contribution in [0.1, 0.15) is 46.1 Å². The lowest BCUT2D eigenvalue weighted by Crippen LogP contribution is -2.50. The van der Waals surface area contributed by atoms with Crippen LogP contribution in [0, 0.1) is 5.92 Å². The van der Waals surface area contributed by atoms with Gasteiger partial charge in [0, 0.05) is 38.8 Å². The monoisotopic (exact) mass is 401 g/mol. The molecule has 5 heteroatoms. The smallest absolute Gasteiger partial charge is 0.326 e. The number of piperazine rings is 1. The summed E-state index contributed by atoms with van der Waals surface area (Å²) in [5, 5.41) is 0. The molecule has 1 aromatic rings. The minimum absolute atomic E-state index is 0.119. The summed E-state index contributed by atoms with van der Waals surface area (Å²) >= 11 is 0. The zero-order valence-electron chi connectivity index (χ0n) is 18.8. The average molecular weight is 402 g/mol. The number of carbonyl (C=O) groups excluding carboxylic acids is 1. The molecule has 2 aliphatic rings. The second-order valence-corrected chi connectivity index (χ2v) is 9.48. The predicted molar refractivity (Wildman–Crippen MR) is 118 cm³/mol. The van der Waals surface area contributed by atoms with Crippen LogP contribution < -0.4 is 0 Å². The van der Waals surface area contributed by atoms with Gasteiger partial charge in [0.05, 0.1) is 0 Å². The van der Waals surface area contributed by atoms with Crippen molar-refractivity contribution in [2.45, 2.75) is 58.7 Å². The quantitative estimate of drug-likeness (QED) is 0.625. The number of hydrogen-bond acceptors (Lipinski definition) is 5. The molecule has 1 unspecified atom stereocenters. The summed E-state index contributed by atoms with van der Waals surface area (Å²) in [5.74, 6) is 0.561. The molecule has 0 aliphatic carbocycles. The zero-order valence-corrected chi connectivity index (χ0v) is 18.8. The molecule has 5 nitrogen and oxygen atoms in total. The topological polar surface area (TPSA) is 36.0 Å². The Morgan fingerprint density at radius 1 is 1.10 bits per heavy atom. The number of ether oxygens (including phenoxy) is 1. The molecule has 0 N–H and O–H groups in total. The van der Waals surface area contributed by atoms with Crippen LogP contribution in [0.15, 0.2) is 30.3 Å². The average Bonchev–Trinajstić information content (AvgIpc) is 3.21. The van der Waals surface area contributed by atoms with E-state index in [0.29, 0.717) is 18.6 Å². The molecule has 1 aromatic carbocycles. The first kappa shape index (κ1) is 22.3. The molecule has 0 saturated carbocycles.